The van der Waals surface area contributed by atoms with E-state index in [-0.39, 0.29) is 39.5 Å². The Kier molecular flexibility index (Phi) is 6.62. The van der Waals surface area contributed by atoms with Crippen molar-refractivity contribution in [2.75, 3.05) is 5.32 Å². The minimum Gasteiger partial charge on any atom is -0.366 e. The largest absolute Gasteiger partial charge is 0.366 e. The molecule has 0 aliphatic heterocycles. The van der Waals surface area contributed by atoms with E-state index in [2.05, 4.69) is 47.1 Å². The molecule has 2 amide bonds. The van der Waals surface area contributed by atoms with Crippen LogP contribution in [0.3, 0.4) is 0 Å². The van der Waals surface area contributed by atoms with E-state index in [1.807, 2.05) is 0 Å². The summed E-state index contributed by atoms with van der Waals surface area (Å²) in [6, 6.07) is 5.47. The lowest BCUT2D eigenvalue weighted by Gasteiger charge is -2.10. The molecule has 0 unspecified atom stereocenters. The predicted molar refractivity (Wildman–Crippen MR) is 126 cm³/mol. The third-order valence-electron chi connectivity index (χ3n) is 5.23. The third kappa shape index (κ3) is 5.47. The van der Waals surface area contributed by atoms with Gasteiger partial charge in [-0.2, -0.15) is 0 Å². The smallest absolute Gasteiger partial charge is 0.258 e. The van der Waals surface area contributed by atoms with Gasteiger partial charge < -0.3 is 16.0 Å². The molecule has 11 heteroatoms. The van der Waals surface area contributed by atoms with Crippen LogP contribution in [0.5, 0.6) is 0 Å². The molecule has 3 aromatic rings. The minimum absolute atomic E-state index is 0.0362. The summed E-state index contributed by atoms with van der Waals surface area (Å²) in [4.78, 5) is 41.4. The molecule has 33 heavy (non-hydrogen) atoms. The number of carbonyl (C=O) groups excluding carboxylic acids is 2. The van der Waals surface area contributed by atoms with Gasteiger partial charge in [-0.15, -0.1) is 0 Å². The summed E-state index contributed by atoms with van der Waals surface area (Å²) in [7, 11) is 0. The van der Waals surface area contributed by atoms with Crippen LogP contribution in [0.4, 0.5) is 14.5 Å². The molecule has 0 saturated heterocycles. The first-order valence-electron chi connectivity index (χ1n) is 10.1. The second kappa shape index (κ2) is 9.30. The first kappa shape index (κ1) is 23.5. The topological polar surface area (TPSA) is 118 Å². The van der Waals surface area contributed by atoms with E-state index in [1.54, 1.807) is 6.07 Å². The van der Waals surface area contributed by atoms with Crippen LogP contribution in [0.25, 0.3) is 10.9 Å². The molecule has 1 heterocycles. The number of nitrogens with one attached hydrogen (secondary N) is 2. The number of nitrogens with zero attached hydrogens (tertiary/aromatic N) is 1. The highest BCUT2D eigenvalue weighted by atomic mass is 79.9. The number of H-pyrrole nitrogens is 1. The van der Waals surface area contributed by atoms with Gasteiger partial charge in [0.1, 0.15) is 17.2 Å². The lowest BCUT2D eigenvalue weighted by Crippen LogP contribution is -2.20. The number of fused-ring (bicyclic) bond motifs is 1. The molecule has 0 atom stereocenters. The molecule has 2 aromatic carbocycles. The Morgan fingerprint density at radius 3 is 2.27 bits per heavy atom. The monoisotopic (exact) mass is 582 g/mol. The van der Waals surface area contributed by atoms with Gasteiger partial charge in [0, 0.05) is 20.8 Å². The molecule has 0 bridgehead atoms. The van der Waals surface area contributed by atoms with Gasteiger partial charge in [0.25, 0.3) is 11.5 Å². The first-order chi connectivity index (χ1) is 15.6. The molecule has 2 aliphatic carbocycles. The van der Waals surface area contributed by atoms with E-state index in [0.29, 0.717) is 20.7 Å². The molecule has 172 valence electrons. The van der Waals surface area contributed by atoms with E-state index in [0.717, 1.165) is 25.7 Å². The Labute approximate surface area is 203 Å². The van der Waals surface area contributed by atoms with Crippen molar-refractivity contribution in [3.63, 3.8) is 0 Å². The van der Waals surface area contributed by atoms with Crippen LogP contribution in [0, 0.1) is 17.6 Å². The van der Waals surface area contributed by atoms with Crippen LogP contribution in [0.15, 0.2) is 38.0 Å². The number of rotatable bonds is 4. The highest BCUT2D eigenvalue weighted by molar-refractivity contribution is 9.10. The van der Waals surface area contributed by atoms with Gasteiger partial charge in [-0.3, -0.25) is 14.4 Å². The first-order valence-corrected chi connectivity index (χ1v) is 11.7. The Morgan fingerprint density at radius 1 is 1.03 bits per heavy atom. The van der Waals surface area contributed by atoms with Crippen LogP contribution < -0.4 is 16.6 Å². The molecular formula is C22H18Br2F2N4O3. The van der Waals surface area contributed by atoms with Crippen molar-refractivity contribution >= 4 is 60.3 Å². The molecule has 1 aromatic heterocycles. The number of hydrogen-bond donors (Lipinski definition) is 3. The molecular weight excluding hydrogens is 566 g/mol. The molecule has 4 N–H and O–H groups in total. The van der Waals surface area contributed by atoms with Crippen LogP contribution in [-0.2, 0) is 4.79 Å². The van der Waals surface area contributed by atoms with Crippen molar-refractivity contribution in [1.29, 1.82) is 0 Å². The summed E-state index contributed by atoms with van der Waals surface area (Å²) >= 11 is 6.22. The summed E-state index contributed by atoms with van der Waals surface area (Å²) in [5, 5.41) is 2.70. The Morgan fingerprint density at radius 2 is 1.67 bits per heavy atom. The van der Waals surface area contributed by atoms with Gasteiger partial charge in [0.15, 0.2) is 5.82 Å². The number of halogens is 4. The second-order valence-corrected chi connectivity index (χ2v) is 9.78. The van der Waals surface area contributed by atoms with E-state index in [9.17, 15) is 23.2 Å². The normalized spacial score (nSPS) is 15.0. The van der Waals surface area contributed by atoms with Crippen molar-refractivity contribution in [3.8, 4) is 0 Å². The zero-order valence-corrected chi connectivity index (χ0v) is 20.2. The molecule has 2 aliphatic rings. The van der Waals surface area contributed by atoms with Gasteiger partial charge in [0.2, 0.25) is 5.91 Å². The van der Waals surface area contributed by atoms with Gasteiger partial charge in [-0.1, -0.05) is 31.9 Å². The fourth-order valence-corrected chi connectivity index (χ4v) is 4.06. The number of carbonyl (C=O) groups is 2. The van der Waals surface area contributed by atoms with E-state index >= 15 is 0 Å². The Balaban J connectivity index is 0.000000157. The number of primary amides is 1. The number of amides is 2. The number of benzene rings is 2. The zero-order chi connectivity index (χ0) is 23.9. The molecule has 0 spiro atoms. The SMILES string of the molecule is NC(=O)c1cc(Br)cc(F)c1NC(=O)C1CC1.O=c1[nH]c(C2CC2)nc2c(F)cc(Br)cc12. The standard InChI is InChI=1S/C11H10BrFN2O2.C11H8BrFN2O/c12-6-3-7(10(14)16)9(8(13)4-6)15-11(17)5-1-2-5;12-6-3-7-9(8(13)4-6)14-10(5-1-2-5)15-11(7)16/h3-5H,1-2H2,(H2,14,16)(H,15,17);3-5H,1-2H2,(H,14,15,16). The molecule has 5 rings (SSSR count). The maximum atomic E-state index is 13.7. The van der Waals surface area contributed by atoms with Crippen molar-refractivity contribution in [2.45, 2.75) is 31.6 Å². The average molecular weight is 584 g/mol. The molecule has 0 radical (unpaired) electrons. The molecule has 7 nitrogen and oxygen atoms in total. The summed E-state index contributed by atoms with van der Waals surface area (Å²) in [6.07, 6.45) is 3.64. The van der Waals surface area contributed by atoms with Crippen LogP contribution in [-0.4, -0.2) is 21.8 Å². The second-order valence-electron chi connectivity index (χ2n) is 7.95. The Bertz CT molecular complexity index is 1340. The van der Waals surface area contributed by atoms with Gasteiger partial charge >= 0.3 is 0 Å². The number of aromatic amines is 1. The lowest BCUT2D eigenvalue weighted by atomic mass is 10.1. The Hall–Kier alpha value is -2.66. The highest BCUT2D eigenvalue weighted by Crippen LogP contribution is 2.38. The summed E-state index contributed by atoms with van der Waals surface area (Å²) in [6.45, 7) is 0. The fraction of sp³-hybridized carbons (Fsp3) is 0.273. The third-order valence-corrected chi connectivity index (χ3v) is 6.14. The van der Waals surface area contributed by atoms with Crippen LogP contribution >= 0.6 is 31.9 Å². The van der Waals surface area contributed by atoms with Crippen molar-refractivity contribution in [2.24, 2.45) is 11.7 Å². The summed E-state index contributed by atoms with van der Waals surface area (Å²) in [5.41, 5.74) is 4.85. The summed E-state index contributed by atoms with van der Waals surface area (Å²) in [5.74, 6) is -1.35. The summed E-state index contributed by atoms with van der Waals surface area (Å²) < 4.78 is 28.3. The van der Waals surface area contributed by atoms with Crippen molar-refractivity contribution in [1.82, 2.24) is 9.97 Å². The predicted octanol–water partition coefficient (Wildman–Crippen LogP) is 4.74. The maximum absolute atomic E-state index is 13.7. The number of nitrogens with two attached hydrogens (primary N) is 1. The highest BCUT2D eigenvalue weighted by Gasteiger charge is 2.31. The van der Waals surface area contributed by atoms with Crippen molar-refractivity contribution < 1.29 is 18.4 Å². The number of aromatic nitrogens is 2. The molecule has 2 saturated carbocycles. The quantitative estimate of drug-likeness (QED) is 0.411. The number of anilines is 1. The average Bonchev–Trinajstić information content (AvgIpc) is 3.62. The van der Waals surface area contributed by atoms with Gasteiger partial charge in [0.05, 0.1) is 16.6 Å². The van der Waals surface area contributed by atoms with Gasteiger partial charge in [-0.05, 0) is 49.9 Å². The van der Waals surface area contributed by atoms with Crippen LogP contribution in [0.2, 0.25) is 0 Å². The minimum atomic E-state index is -0.781. The number of hydrogen-bond acceptors (Lipinski definition) is 4. The van der Waals surface area contributed by atoms with E-state index in [1.165, 1.54) is 18.2 Å². The van der Waals surface area contributed by atoms with Crippen LogP contribution in [0.1, 0.15) is 47.8 Å². The zero-order valence-electron chi connectivity index (χ0n) is 17.1. The lowest BCUT2D eigenvalue weighted by molar-refractivity contribution is -0.117. The van der Waals surface area contributed by atoms with Gasteiger partial charge in [-0.25, -0.2) is 13.8 Å². The van der Waals surface area contributed by atoms with E-state index < -0.39 is 17.5 Å². The molecule has 2 fully saturated rings. The van der Waals surface area contributed by atoms with Crippen molar-refractivity contribution in [3.05, 3.63) is 66.6 Å². The maximum Gasteiger partial charge on any atom is 0.258 e. The van der Waals surface area contributed by atoms with E-state index in [4.69, 9.17) is 5.73 Å². The fourth-order valence-electron chi connectivity index (χ4n) is 3.20.